The monoisotopic (exact) mass is 265 g/mol. The fraction of sp³-hybridized carbons (Fsp3) is 0.154. The molecule has 0 amide bonds. The van der Waals surface area contributed by atoms with Crippen molar-refractivity contribution in [2.24, 2.45) is 0 Å². The van der Waals surface area contributed by atoms with Gasteiger partial charge in [-0.05, 0) is 36.8 Å². The van der Waals surface area contributed by atoms with Crippen molar-refractivity contribution in [3.63, 3.8) is 0 Å². The summed E-state index contributed by atoms with van der Waals surface area (Å²) < 4.78 is 13.1. The summed E-state index contributed by atoms with van der Waals surface area (Å²) in [7, 11) is 0. The van der Waals surface area contributed by atoms with Gasteiger partial charge in [0.05, 0.1) is 11.7 Å². The second kappa shape index (κ2) is 5.23. The Bertz CT molecular complexity index is 560. The molecule has 3 N–H and O–H groups in total. The Balaban J connectivity index is 2.21. The molecule has 0 saturated carbocycles. The van der Waals surface area contributed by atoms with E-state index in [0.717, 1.165) is 5.56 Å². The SMILES string of the molecule is CC(Nc1nc(Cl)ccc1N)c1cccc(F)c1. The molecule has 2 aromatic rings. The Labute approximate surface area is 110 Å². The average Bonchev–Trinajstić information content (AvgIpc) is 2.34. The maximum Gasteiger partial charge on any atom is 0.151 e. The van der Waals surface area contributed by atoms with E-state index in [-0.39, 0.29) is 11.9 Å². The van der Waals surface area contributed by atoms with E-state index in [1.807, 2.05) is 13.0 Å². The lowest BCUT2D eigenvalue weighted by molar-refractivity contribution is 0.623. The molecule has 0 bridgehead atoms. The van der Waals surface area contributed by atoms with Crippen LogP contribution in [0.25, 0.3) is 0 Å². The summed E-state index contributed by atoms with van der Waals surface area (Å²) in [5, 5.41) is 3.47. The molecule has 0 aliphatic heterocycles. The highest BCUT2D eigenvalue weighted by molar-refractivity contribution is 6.29. The lowest BCUT2D eigenvalue weighted by Crippen LogP contribution is -2.10. The molecular formula is C13H13ClFN3. The quantitative estimate of drug-likeness (QED) is 0.833. The summed E-state index contributed by atoms with van der Waals surface area (Å²) in [5.74, 6) is 0.229. The minimum atomic E-state index is -0.270. The van der Waals surface area contributed by atoms with Crippen LogP contribution in [0, 0.1) is 5.82 Å². The van der Waals surface area contributed by atoms with Crippen LogP contribution in [-0.2, 0) is 0 Å². The molecule has 18 heavy (non-hydrogen) atoms. The Morgan fingerprint density at radius 1 is 1.33 bits per heavy atom. The van der Waals surface area contributed by atoms with Crippen LogP contribution in [-0.4, -0.2) is 4.98 Å². The number of rotatable bonds is 3. The lowest BCUT2D eigenvalue weighted by atomic mass is 10.1. The second-order valence-corrected chi connectivity index (χ2v) is 4.38. The van der Waals surface area contributed by atoms with Crippen LogP contribution in [0.1, 0.15) is 18.5 Å². The molecule has 0 fully saturated rings. The first-order valence-electron chi connectivity index (χ1n) is 5.50. The maximum absolute atomic E-state index is 13.1. The number of nitrogens with two attached hydrogens (primary N) is 1. The van der Waals surface area contributed by atoms with Gasteiger partial charge in [-0.3, -0.25) is 0 Å². The Hall–Kier alpha value is -1.81. The van der Waals surface area contributed by atoms with Crippen LogP contribution >= 0.6 is 11.6 Å². The first-order chi connectivity index (χ1) is 8.56. The number of nitrogen functional groups attached to an aromatic ring is 1. The molecule has 5 heteroatoms. The first kappa shape index (κ1) is 12.6. The third kappa shape index (κ3) is 2.90. The predicted octanol–water partition coefficient (Wildman–Crippen LogP) is 3.63. The van der Waals surface area contributed by atoms with Gasteiger partial charge >= 0.3 is 0 Å². The average molecular weight is 266 g/mol. The molecule has 2 rings (SSSR count). The van der Waals surface area contributed by atoms with Crippen molar-refractivity contribution >= 4 is 23.1 Å². The van der Waals surface area contributed by atoms with Gasteiger partial charge in [-0.1, -0.05) is 23.7 Å². The van der Waals surface area contributed by atoms with Gasteiger partial charge in [-0.2, -0.15) is 0 Å². The number of pyridine rings is 1. The van der Waals surface area contributed by atoms with Crippen molar-refractivity contribution in [3.8, 4) is 0 Å². The summed E-state index contributed by atoms with van der Waals surface area (Å²) >= 11 is 5.80. The topological polar surface area (TPSA) is 50.9 Å². The van der Waals surface area contributed by atoms with Crippen LogP contribution in [0.15, 0.2) is 36.4 Å². The van der Waals surface area contributed by atoms with E-state index in [9.17, 15) is 4.39 Å². The third-order valence-corrected chi connectivity index (χ3v) is 2.80. The second-order valence-electron chi connectivity index (χ2n) is 3.99. The number of hydrogen-bond donors (Lipinski definition) is 2. The molecule has 1 heterocycles. The summed E-state index contributed by atoms with van der Waals surface area (Å²) in [6, 6.07) is 9.55. The van der Waals surface area contributed by atoms with Gasteiger partial charge in [0.25, 0.3) is 0 Å². The van der Waals surface area contributed by atoms with Crippen molar-refractivity contribution in [3.05, 3.63) is 52.9 Å². The van der Waals surface area contributed by atoms with Crippen molar-refractivity contribution < 1.29 is 4.39 Å². The zero-order valence-corrected chi connectivity index (χ0v) is 10.6. The molecule has 0 saturated heterocycles. The summed E-state index contributed by atoms with van der Waals surface area (Å²) in [6.07, 6.45) is 0. The fourth-order valence-electron chi connectivity index (χ4n) is 1.63. The maximum atomic E-state index is 13.1. The van der Waals surface area contributed by atoms with E-state index < -0.39 is 0 Å². The molecule has 1 unspecified atom stereocenters. The number of anilines is 2. The van der Waals surface area contributed by atoms with Crippen LogP contribution in [0.2, 0.25) is 5.15 Å². The molecule has 0 aliphatic carbocycles. The van der Waals surface area contributed by atoms with Crippen molar-refractivity contribution in [2.75, 3.05) is 11.1 Å². The summed E-state index contributed by atoms with van der Waals surface area (Å²) in [4.78, 5) is 4.10. The number of nitrogens with one attached hydrogen (secondary N) is 1. The molecule has 0 spiro atoms. The molecule has 1 aromatic heterocycles. The standard InChI is InChI=1S/C13H13ClFN3/c1-8(9-3-2-4-10(15)7-9)17-13-11(16)5-6-12(14)18-13/h2-8H,16H2,1H3,(H,17,18). The zero-order valence-electron chi connectivity index (χ0n) is 9.82. The number of halogens is 2. The predicted molar refractivity (Wildman–Crippen MR) is 72.1 cm³/mol. The summed E-state index contributed by atoms with van der Waals surface area (Å²) in [5.41, 5.74) is 7.11. The van der Waals surface area contributed by atoms with Gasteiger partial charge in [-0.15, -0.1) is 0 Å². The minimum absolute atomic E-state index is 0.117. The van der Waals surface area contributed by atoms with Crippen LogP contribution < -0.4 is 11.1 Å². The van der Waals surface area contributed by atoms with Gasteiger partial charge in [0.2, 0.25) is 0 Å². The van der Waals surface area contributed by atoms with Gasteiger partial charge in [-0.25, -0.2) is 9.37 Å². The Morgan fingerprint density at radius 2 is 2.11 bits per heavy atom. The van der Waals surface area contributed by atoms with E-state index in [1.165, 1.54) is 12.1 Å². The van der Waals surface area contributed by atoms with E-state index in [2.05, 4.69) is 10.3 Å². The summed E-state index contributed by atoms with van der Waals surface area (Å²) in [6.45, 7) is 1.90. The number of benzene rings is 1. The van der Waals surface area contributed by atoms with Crippen LogP contribution in [0.3, 0.4) is 0 Å². The third-order valence-electron chi connectivity index (χ3n) is 2.59. The molecule has 0 aliphatic rings. The van der Waals surface area contributed by atoms with Gasteiger partial charge in [0.1, 0.15) is 11.0 Å². The lowest BCUT2D eigenvalue weighted by Gasteiger charge is -2.16. The van der Waals surface area contributed by atoms with E-state index in [4.69, 9.17) is 17.3 Å². The number of nitrogens with zero attached hydrogens (tertiary/aromatic N) is 1. The number of aromatic nitrogens is 1. The van der Waals surface area contributed by atoms with E-state index >= 15 is 0 Å². The fourth-order valence-corrected chi connectivity index (χ4v) is 1.77. The van der Waals surface area contributed by atoms with Crippen molar-refractivity contribution in [1.29, 1.82) is 0 Å². The smallest absolute Gasteiger partial charge is 0.151 e. The van der Waals surface area contributed by atoms with Crippen molar-refractivity contribution in [2.45, 2.75) is 13.0 Å². The molecule has 94 valence electrons. The largest absolute Gasteiger partial charge is 0.396 e. The number of hydrogen-bond acceptors (Lipinski definition) is 3. The van der Waals surface area contributed by atoms with Crippen LogP contribution in [0.5, 0.6) is 0 Å². The zero-order chi connectivity index (χ0) is 13.1. The Morgan fingerprint density at radius 3 is 2.83 bits per heavy atom. The normalized spacial score (nSPS) is 12.2. The Kier molecular flexibility index (Phi) is 3.67. The highest BCUT2D eigenvalue weighted by atomic mass is 35.5. The van der Waals surface area contributed by atoms with E-state index in [1.54, 1.807) is 18.2 Å². The van der Waals surface area contributed by atoms with Crippen LogP contribution in [0.4, 0.5) is 15.9 Å². The molecule has 0 radical (unpaired) electrons. The molecule has 1 aromatic carbocycles. The van der Waals surface area contributed by atoms with Crippen molar-refractivity contribution in [1.82, 2.24) is 4.98 Å². The van der Waals surface area contributed by atoms with Gasteiger partial charge in [0.15, 0.2) is 5.82 Å². The molecule has 3 nitrogen and oxygen atoms in total. The minimum Gasteiger partial charge on any atom is -0.396 e. The highest BCUT2D eigenvalue weighted by Gasteiger charge is 2.09. The molecular weight excluding hydrogens is 253 g/mol. The highest BCUT2D eigenvalue weighted by Crippen LogP contribution is 2.24. The molecule has 1 atom stereocenters. The van der Waals surface area contributed by atoms with Gasteiger partial charge in [0, 0.05) is 0 Å². The first-order valence-corrected chi connectivity index (χ1v) is 5.88. The van der Waals surface area contributed by atoms with Gasteiger partial charge < -0.3 is 11.1 Å². The van der Waals surface area contributed by atoms with E-state index in [0.29, 0.717) is 16.7 Å².